The summed E-state index contributed by atoms with van der Waals surface area (Å²) < 4.78 is 6.81. The van der Waals surface area contributed by atoms with Crippen LogP contribution in [0.4, 0.5) is 0 Å². The normalized spacial score (nSPS) is 12.6. The van der Waals surface area contributed by atoms with Crippen molar-refractivity contribution in [1.29, 1.82) is 0 Å². The van der Waals surface area contributed by atoms with Crippen molar-refractivity contribution in [2.75, 3.05) is 18.6 Å². The maximum atomic E-state index is 5.68. The van der Waals surface area contributed by atoms with Crippen LogP contribution in [0, 0.1) is 0 Å². The molecule has 0 radical (unpaired) electrons. The van der Waals surface area contributed by atoms with Gasteiger partial charge in [-0.05, 0) is 49.8 Å². The van der Waals surface area contributed by atoms with Crippen LogP contribution in [0.2, 0.25) is 0 Å². The average Bonchev–Trinajstić information content (AvgIpc) is 2.31. The molecule has 0 aliphatic carbocycles. The number of rotatable bonds is 6. The second kappa shape index (κ2) is 13.2. The summed E-state index contributed by atoms with van der Waals surface area (Å²) in [5, 5.41) is 0. The summed E-state index contributed by atoms with van der Waals surface area (Å²) in [5.41, 5.74) is 1.18. The molecule has 0 N–H and O–H groups in total. The molecule has 0 saturated carbocycles. The second-order valence-electron chi connectivity index (χ2n) is 3.01. The van der Waals surface area contributed by atoms with Crippen LogP contribution in [0.1, 0.15) is 41.0 Å². The first-order valence-corrected chi connectivity index (χ1v) is 7.93. The van der Waals surface area contributed by atoms with E-state index in [9.17, 15) is 0 Å². The smallest absolute Gasteiger partial charge is 0.118 e. The van der Waals surface area contributed by atoms with Crippen LogP contribution in [0.3, 0.4) is 0 Å². The molecule has 16 heavy (non-hydrogen) atoms. The van der Waals surface area contributed by atoms with Crippen LogP contribution in [-0.2, 0) is 4.74 Å². The van der Waals surface area contributed by atoms with E-state index in [2.05, 4.69) is 29.1 Å². The molecule has 0 aromatic rings. The third-order valence-corrected chi connectivity index (χ3v) is 3.19. The van der Waals surface area contributed by atoms with E-state index in [1.54, 1.807) is 0 Å². The predicted octanol–water partition coefficient (Wildman–Crippen LogP) is 5.37. The molecule has 0 amide bonds. The van der Waals surface area contributed by atoms with Crippen LogP contribution in [0.5, 0.6) is 0 Å². The topological polar surface area (TPSA) is 9.23 Å². The lowest BCUT2D eigenvalue weighted by atomic mass is 10.2. The molecule has 0 fully saturated rings. The number of halogens is 1. The van der Waals surface area contributed by atoms with Crippen LogP contribution < -0.4 is 0 Å². The van der Waals surface area contributed by atoms with E-state index in [1.807, 2.05) is 45.5 Å². The Morgan fingerprint density at radius 2 is 1.88 bits per heavy atom. The Morgan fingerprint density at radius 3 is 2.25 bits per heavy atom. The van der Waals surface area contributed by atoms with Crippen LogP contribution in [0.25, 0.3) is 0 Å². The van der Waals surface area contributed by atoms with Crippen molar-refractivity contribution in [3.05, 3.63) is 21.9 Å². The van der Waals surface area contributed by atoms with Crippen LogP contribution in [-0.4, -0.2) is 18.6 Å². The molecule has 0 bridgehead atoms. The third kappa shape index (κ3) is 9.34. The highest BCUT2D eigenvalue weighted by Crippen LogP contribution is 2.19. The van der Waals surface area contributed by atoms with Crippen LogP contribution >= 0.6 is 27.7 Å². The van der Waals surface area contributed by atoms with Gasteiger partial charge in [0.05, 0.1) is 6.61 Å². The van der Waals surface area contributed by atoms with Crippen molar-refractivity contribution >= 4 is 27.7 Å². The quantitative estimate of drug-likeness (QED) is 0.370. The monoisotopic (exact) mass is 308 g/mol. The molecule has 0 aliphatic heterocycles. The minimum absolute atomic E-state index is 0.804. The fraction of sp³-hybridized carbons (Fsp3) is 0.692. The molecule has 0 aliphatic rings. The summed E-state index contributed by atoms with van der Waals surface area (Å²) in [4.78, 5) is 0. The maximum absolute atomic E-state index is 5.68. The Labute approximate surface area is 114 Å². The highest BCUT2D eigenvalue weighted by atomic mass is 79.9. The zero-order chi connectivity index (χ0) is 13.0. The van der Waals surface area contributed by atoms with Gasteiger partial charge in [-0.2, -0.15) is 11.8 Å². The van der Waals surface area contributed by atoms with E-state index >= 15 is 0 Å². The van der Waals surface area contributed by atoms with Crippen LogP contribution in [0.15, 0.2) is 21.9 Å². The van der Waals surface area contributed by atoms with E-state index in [1.165, 1.54) is 5.57 Å². The van der Waals surface area contributed by atoms with Gasteiger partial charge < -0.3 is 4.74 Å². The SMILES string of the molecule is C/C=C(OCCCSC)\C(C)=C(/C)Br.CC. The van der Waals surface area contributed by atoms with Gasteiger partial charge in [-0.25, -0.2) is 0 Å². The van der Waals surface area contributed by atoms with Crippen molar-refractivity contribution in [2.45, 2.75) is 41.0 Å². The predicted molar refractivity (Wildman–Crippen MR) is 81.4 cm³/mol. The summed E-state index contributed by atoms with van der Waals surface area (Å²) in [6, 6.07) is 0. The van der Waals surface area contributed by atoms with Gasteiger partial charge in [0.2, 0.25) is 0 Å². The molecule has 0 spiro atoms. The van der Waals surface area contributed by atoms with Gasteiger partial charge >= 0.3 is 0 Å². The molecular formula is C13H25BrOS. The molecule has 0 atom stereocenters. The van der Waals surface area contributed by atoms with Gasteiger partial charge in [-0.3, -0.25) is 0 Å². The highest BCUT2D eigenvalue weighted by Gasteiger charge is 2.02. The van der Waals surface area contributed by atoms with Crippen molar-refractivity contribution in [3.8, 4) is 0 Å². The van der Waals surface area contributed by atoms with Gasteiger partial charge in [-0.15, -0.1) is 0 Å². The summed E-state index contributed by atoms with van der Waals surface area (Å²) in [6.07, 6.45) is 5.23. The minimum atomic E-state index is 0.804. The molecule has 96 valence electrons. The van der Waals surface area contributed by atoms with Crippen molar-refractivity contribution < 1.29 is 4.74 Å². The Balaban J connectivity index is 0. The molecule has 3 heteroatoms. The molecular weight excluding hydrogens is 284 g/mol. The molecule has 1 nitrogen and oxygen atoms in total. The average molecular weight is 309 g/mol. The molecule has 0 rings (SSSR count). The van der Waals surface area contributed by atoms with Gasteiger partial charge in [0, 0.05) is 5.57 Å². The standard InChI is InChI=1S/C11H19BrOS.C2H6/c1-5-11(9(2)10(3)12)13-7-6-8-14-4;1-2/h5H,6-8H2,1-4H3;1-2H3/b10-9+,11-5+;. The van der Waals surface area contributed by atoms with E-state index in [0.29, 0.717) is 0 Å². The third-order valence-electron chi connectivity index (χ3n) is 1.90. The second-order valence-corrected chi connectivity index (χ2v) is 5.18. The van der Waals surface area contributed by atoms with E-state index in [4.69, 9.17) is 4.74 Å². The number of thioether (sulfide) groups is 1. The summed E-state index contributed by atoms with van der Waals surface area (Å²) in [5.74, 6) is 2.15. The van der Waals surface area contributed by atoms with Crippen molar-refractivity contribution in [3.63, 3.8) is 0 Å². The number of hydrogen-bond acceptors (Lipinski definition) is 2. The fourth-order valence-electron chi connectivity index (χ4n) is 0.963. The van der Waals surface area contributed by atoms with E-state index < -0.39 is 0 Å². The molecule has 0 saturated heterocycles. The number of allylic oxidation sites excluding steroid dienone is 3. The summed E-state index contributed by atoms with van der Waals surface area (Å²) in [7, 11) is 0. The fourth-order valence-corrected chi connectivity index (χ4v) is 1.57. The van der Waals surface area contributed by atoms with Gasteiger partial charge in [0.15, 0.2) is 0 Å². The van der Waals surface area contributed by atoms with Gasteiger partial charge in [0.1, 0.15) is 5.76 Å². The first kappa shape index (κ1) is 18.5. The highest BCUT2D eigenvalue weighted by molar-refractivity contribution is 9.11. The summed E-state index contributed by atoms with van der Waals surface area (Å²) >= 11 is 5.31. The van der Waals surface area contributed by atoms with Gasteiger partial charge in [0.25, 0.3) is 0 Å². The van der Waals surface area contributed by atoms with E-state index in [0.717, 1.165) is 29.0 Å². The number of hydrogen-bond donors (Lipinski definition) is 0. The molecule has 0 aromatic heterocycles. The Morgan fingerprint density at radius 1 is 1.31 bits per heavy atom. The van der Waals surface area contributed by atoms with Gasteiger partial charge in [-0.1, -0.05) is 29.8 Å². The van der Waals surface area contributed by atoms with E-state index in [-0.39, 0.29) is 0 Å². The Kier molecular flexibility index (Phi) is 15.2. The Hall–Kier alpha value is 0.110. The maximum Gasteiger partial charge on any atom is 0.118 e. The minimum Gasteiger partial charge on any atom is -0.494 e. The lowest BCUT2D eigenvalue weighted by molar-refractivity contribution is 0.220. The Bertz CT molecular complexity index is 218. The van der Waals surface area contributed by atoms with Crippen molar-refractivity contribution in [1.82, 2.24) is 0 Å². The molecule has 0 unspecified atom stereocenters. The lowest BCUT2D eigenvalue weighted by Crippen LogP contribution is -1.98. The molecule has 0 heterocycles. The lowest BCUT2D eigenvalue weighted by Gasteiger charge is -2.11. The molecule has 0 aromatic carbocycles. The largest absolute Gasteiger partial charge is 0.494 e. The summed E-state index contributed by atoms with van der Waals surface area (Å²) in [6.45, 7) is 10.9. The van der Waals surface area contributed by atoms with Crippen molar-refractivity contribution in [2.24, 2.45) is 0 Å². The zero-order valence-electron chi connectivity index (χ0n) is 11.4. The first-order valence-electron chi connectivity index (χ1n) is 5.74. The first-order chi connectivity index (χ1) is 7.63. The number of ether oxygens (including phenoxy) is 1. The zero-order valence-corrected chi connectivity index (χ0v) is 13.8.